The molecule has 0 N–H and O–H groups in total. The summed E-state index contributed by atoms with van der Waals surface area (Å²) in [6.45, 7) is 0. The molecule has 54 heavy (non-hydrogen) atoms. The Hall–Kier alpha value is -6.74. The number of thiophene rings is 1. The van der Waals surface area contributed by atoms with Crippen molar-refractivity contribution in [2.45, 2.75) is 0 Å². The molecular formula is C52H32OS. The first-order chi connectivity index (χ1) is 26.8. The molecule has 0 fully saturated rings. The largest absolute Gasteiger partial charge is 0.455 e. The van der Waals surface area contributed by atoms with Crippen molar-refractivity contribution in [3.63, 3.8) is 0 Å². The van der Waals surface area contributed by atoms with E-state index >= 15 is 0 Å². The monoisotopic (exact) mass is 704 g/mol. The van der Waals surface area contributed by atoms with E-state index in [0.29, 0.717) is 0 Å². The van der Waals surface area contributed by atoms with E-state index < -0.39 is 0 Å². The van der Waals surface area contributed by atoms with E-state index in [-0.39, 0.29) is 0 Å². The summed E-state index contributed by atoms with van der Waals surface area (Å²) in [5.41, 5.74) is 9.17. The molecule has 9 aromatic carbocycles. The standard InChI is InChI=1S/C52H32OS/c1-2-7-19-41(39-22-10-8-20-37(39)35(18-6-1)33-16-4-3-5-17-33)42-31-30-36(38-21-9-11-23-40(38)42)34-28-29-46-48(32-34)54-52-44-25-13-12-24-43(44)51-49(50(46)52)45-26-14-15-27-47(45)53-51/h1-32H. The van der Waals surface area contributed by atoms with E-state index in [1.54, 1.807) is 0 Å². The lowest BCUT2D eigenvalue weighted by Crippen LogP contribution is -1.87. The zero-order valence-electron chi connectivity index (χ0n) is 29.3. The SMILES string of the molecule is c1ccc(-c2ccccccc(-c3ccc(-c4ccc5c(c4)sc4c6ccccc6c6oc7ccccc7c6c54)c4ccccc34)c3ccccc23)cc1. The molecular weight excluding hydrogens is 673 g/mol. The van der Waals surface area contributed by atoms with Crippen LogP contribution in [-0.4, -0.2) is 0 Å². The molecule has 0 saturated heterocycles. The van der Waals surface area contributed by atoms with Crippen molar-refractivity contribution in [3.8, 4) is 33.4 Å². The van der Waals surface area contributed by atoms with Gasteiger partial charge in [-0.15, -0.1) is 11.3 Å². The minimum absolute atomic E-state index is 0.931. The molecule has 0 saturated carbocycles. The van der Waals surface area contributed by atoms with Crippen molar-refractivity contribution in [2.75, 3.05) is 0 Å². The van der Waals surface area contributed by atoms with Gasteiger partial charge in [0.05, 0.1) is 0 Å². The van der Waals surface area contributed by atoms with Crippen LogP contribution in [0.2, 0.25) is 0 Å². The van der Waals surface area contributed by atoms with E-state index in [4.69, 9.17) is 4.42 Å². The molecule has 11 rings (SSSR count). The van der Waals surface area contributed by atoms with Gasteiger partial charge in [-0.3, -0.25) is 0 Å². The van der Waals surface area contributed by atoms with Gasteiger partial charge in [0.15, 0.2) is 0 Å². The summed E-state index contributed by atoms with van der Waals surface area (Å²) in [4.78, 5) is 0. The van der Waals surface area contributed by atoms with Crippen LogP contribution in [-0.2, 0) is 0 Å². The highest BCUT2D eigenvalue weighted by atomic mass is 32.1. The highest BCUT2D eigenvalue weighted by Gasteiger charge is 2.20. The molecule has 0 unspecified atom stereocenters. The maximum atomic E-state index is 6.56. The van der Waals surface area contributed by atoms with Gasteiger partial charge in [-0.1, -0.05) is 182 Å². The minimum Gasteiger partial charge on any atom is -0.455 e. The number of hydrogen-bond donors (Lipinski definition) is 0. The first-order valence-corrected chi connectivity index (χ1v) is 19.2. The predicted molar refractivity (Wildman–Crippen MR) is 233 cm³/mol. The average Bonchev–Trinajstić information content (AvgIpc) is 3.81. The van der Waals surface area contributed by atoms with E-state index in [1.165, 1.54) is 96.6 Å². The van der Waals surface area contributed by atoms with Gasteiger partial charge in [0.2, 0.25) is 0 Å². The van der Waals surface area contributed by atoms with Crippen LogP contribution in [0.1, 0.15) is 0 Å². The second kappa shape index (κ2) is 12.4. The highest BCUT2D eigenvalue weighted by Crippen LogP contribution is 2.48. The topological polar surface area (TPSA) is 13.1 Å². The van der Waals surface area contributed by atoms with Crippen LogP contribution in [0.25, 0.3) is 108 Å². The third-order valence-electron chi connectivity index (χ3n) is 10.9. The predicted octanol–water partition coefficient (Wildman–Crippen LogP) is 15.5. The third kappa shape index (κ3) is 4.78. The molecule has 0 radical (unpaired) electrons. The molecule has 0 bridgehead atoms. The van der Waals surface area contributed by atoms with Gasteiger partial charge in [-0.25, -0.2) is 0 Å². The zero-order valence-corrected chi connectivity index (χ0v) is 30.1. The van der Waals surface area contributed by atoms with Crippen LogP contribution < -0.4 is 0 Å². The van der Waals surface area contributed by atoms with Crippen LogP contribution in [0, 0.1) is 0 Å². The normalized spacial score (nSPS) is 11.7. The first-order valence-electron chi connectivity index (χ1n) is 18.4. The van der Waals surface area contributed by atoms with Gasteiger partial charge in [0.25, 0.3) is 0 Å². The Morgan fingerprint density at radius 3 is 1.54 bits per heavy atom. The van der Waals surface area contributed by atoms with Gasteiger partial charge in [-0.2, -0.15) is 0 Å². The number of rotatable bonds is 3. The Balaban J connectivity index is 1.15. The van der Waals surface area contributed by atoms with Crippen LogP contribution >= 0.6 is 11.3 Å². The van der Waals surface area contributed by atoms with Gasteiger partial charge in [0.1, 0.15) is 11.2 Å². The lowest BCUT2D eigenvalue weighted by molar-refractivity contribution is 0.673. The molecule has 0 atom stereocenters. The van der Waals surface area contributed by atoms with Crippen molar-refractivity contribution in [1.29, 1.82) is 0 Å². The van der Waals surface area contributed by atoms with Gasteiger partial charge >= 0.3 is 0 Å². The van der Waals surface area contributed by atoms with E-state index in [1.807, 2.05) is 11.3 Å². The number of para-hydroxylation sites is 1. The smallest absolute Gasteiger partial charge is 0.143 e. The number of hydrogen-bond acceptors (Lipinski definition) is 2. The van der Waals surface area contributed by atoms with Crippen LogP contribution in [0.5, 0.6) is 0 Å². The summed E-state index contributed by atoms with van der Waals surface area (Å²) in [5.74, 6) is 0. The Labute approximate surface area is 316 Å². The first kappa shape index (κ1) is 30.8. The lowest BCUT2D eigenvalue weighted by atomic mass is 9.89. The molecule has 2 heteroatoms. The molecule has 11 aromatic rings. The fourth-order valence-corrected chi connectivity index (χ4v) is 9.81. The Bertz CT molecular complexity index is 3330. The Kier molecular flexibility index (Phi) is 7.11. The molecule has 2 heterocycles. The number of furan rings is 1. The van der Waals surface area contributed by atoms with Crippen molar-refractivity contribution in [3.05, 3.63) is 194 Å². The molecule has 0 aliphatic heterocycles. The second-order valence-electron chi connectivity index (χ2n) is 13.9. The summed E-state index contributed by atoms with van der Waals surface area (Å²) in [6.07, 6.45) is 0. The zero-order chi connectivity index (χ0) is 35.6. The van der Waals surface area contributed by atoms with Crippen LogP contribution in [0.3, 0.4) is 0 Å². The third-order valence-corrected chi connectivity index (χ3v) is 12.1. The molecule has 2 aromatic heterocycles. The molecule has 1 nitrogen and oxygen atoms in total. The molecule has 0 amide bonds. The van der Waals surface area contributed by atoms with Crippen molar-refractivity contribution < 1.29 is 4.42 Å². The lowest BCUT2D eigenvalue weighted by Gasteiger charge is -2.14. The van der Waals surface area contributed by atoms with Crippen molar-refractivity contribution in [1.82, 2.24) is 0 Å². The van der Waals surface area contributed by atoms with Gasteiger partial charge < -0.3 is 4.42 Å². The minimum atomic E-state index is 0.931. The van der Waals surface area contributed by atoms with E-state index in [0.717, 1.165) is 11.2 Å². The van der Waals surface area contributed by atoms with Crippen molar-refractivity contribution >= 4 is 85.8 Å². The van der Waals surface area contributed by atoms with Crippen LogP contribution in [0.15, 0.2) is 199 Å². The fourth-order valence-electron chi connectivity index (χ4n) is 8.52. The van der Waals surface area contributed by atoms with Gasteiger partial charge in [-0.05, 0) is 67.1 Å². The summed E-state index contributed by atoms with van der Waals surface area (Å²) in [6, 6.07) is 70.2. The fraction of sp³-hybridized carbons (Fsp3) is 0. The average molecular weight is 705 g/mol. The Morgan fingerprint density at radius 1 is 0.315 bits per heavy atom. The van der Waals surface area contributed by atoms with Crippen molar-refractivity contribution in [2.24, 2.45) is 0 Å². The summed E-state index contributed by atoms with van der Waals surface area (Å²) in [5, 5.41) is 12.2. The van der Waals surface area contributed by atoms with E-state index in [2.05, 4.69) is 194 Å². The summed E-state index contributed by atoms with van der Waals surface area (Å²) in [7, 11) is 0. The highest BCUT2D eigenvalue weighted by molar-refractivity contribution is 7.27. The Morgan fingerprint density at radius 2 is 0.815 bits per heavy atom. The maximum Gasteiger partial charge on any atom is 0.143 e. The molecule has 0 aliphatic rings. The quantitative estimate of drug-likeness (QED) is 0.178. The number of fused-ring (bicyclic) bond motifs is 12. The molecule has 0 spiro atoms. The number of benzene rings is 8. The maximum absolute atomic E-state index is 6.56. The van der Waals surface area contributed by atoms with E-state index in [9.17, 15) is 0 Å². The summed E-state index contributed by atoms with van der Waals surface area (Å²) >= 11 is 1.89. The van der Waals surface area contributed by atoms with Crippen LogP contribution in [0.4, 0.5) is 0 Å². The molecule has 0 aliphatic carbocycles. The van der Waals surface area contributed by atoms with Gasteiger partial charge in [0, 0.05) is 41.7 Å². The summed E-state index contributed by atoms with van der Waals surface area (Å²) < 4.78 is 9.15. The molecule has 252 valence electrons. The second-order valence-corrected chi connectivity index (χ2v) is 15.0.